The van der Waals surface area contributed by atoms with Crippen LogP contribution in [0.2, 0.25) is 0 Å². The number of nitrogens with zero attached hydrogens (tertiary/aromatic N) is 1. The van der Waals surface area contributed by atoms with Crippen LogP contribution in [0.1, 0.15) is 19.3 Å². The van der Waals surface area contributed by atoms with E-state index in [1.54, 1.807) is 0 Å². The van der Waals surface area contributed by atoms with Crippen molar-refractivity contribution in [3.63, 3.8) is 0 Å². The highest BCUT2D eigenvalue weighted by molar-refractivity contribution is 7.22. The van der Waals surface area contributed by atoms with Gasteiger partial charge in [0.05, 0.1) is 16.3 Å². The predicted molar refractivity (Wildman–Crippen MR) is 80.6 cm³/mol. The van der Waals surface area contributed by atoms with Gasteiger partial charge in [-0.3, -0.25) is 4.79 Å². The largest absolute Gasteiger partial charge is 0.573 e. The first kappa shape index (κ1) is 16.0. The van der Waals surface area contributed by atoms with Crippen LogP contribution < -0.4 is 15.4 Å². The summed E-state index contributed by atoms with van der Waals surface area (Å²) in [6.07, 6.45) is -1.93. The summed E-state index contributed by atoms with van der Waals surface area (Å²) in [7, 11) is 0. The number of benzene rings is 1. The van der Waals surface area contributed by atoms with Crippen molar-refractivity contribution in [3.05, 3.63) is 18.2 Å². The van der Waals surface area contributed by atoms with E-state index in [-0.39, 0.29) is 17.7 Å². The molecule has 1 atom stereocenters. The van der Waals surface area contributed by atoms with E-state index in [1.165, 1.54) is 18.2 Å². The second-order valence-corrected chi connectivity index (χ2v) is 6.22. The number of hydrogen-bond donors (Lipinski definition) is 2. The molecule has 0 saturated carbocycles. The molecule has 2 N–H and O–H groups in total. The Kier molecular flexibility index (Phi) is 4.40. The van der Waals surface area contributed by atoms with Gasteiger partial charge in [-0.05, 0) is 31.5 Å². The molecule has 1 aliphatic heterocycles. The maximum Gasteiger partial charge on any atom is 0.573 e. The van der Waals surface area contributed by atoms with Gasteiger partial charge in [0.1, 0.15) is 5.75 Å². The zero-order valence-electron chi connectivity index (χ0n) is 11.9. The summed E-state index contributed by atoms with van der Waals surface area (Å²) in [4.78, 5) is 16.3. The first-order chi connectivity index (χ1) is 10.9. The number of fused-ring (bicyclic) bond motifs is 1. The van der Waals surface area contributed by atoms with Gasteiger partial charge < -0.3 is 15.4 Å². The topological polar surface area (TPSA) is 63.2 Å². The summed E-state index contributed by atoms with van der Waals surface area (Å²) < 4.78 is 41.1. The van der Waals surface area contributed by atoms with Gasteiger partial charge in [0.2, 0.25) is 5.91 Å². The summed E-state index contributed by atoms with van der Waals surface area (Å²) in [5.74, 6) is -0.476. The minimum absolute atomic E-state index is 0.171. The Morgan fingerprint density at radius 3 is 2.91 bits per heavy atom. The lowest BCUT2D eigenvalue weighted by Crippen LogP contribution is -2.43. The Morgan fingerprint density at radius 1 is 1.39 bits per heavy atom. The molecule has 5 nitrogen and oxygen atoms in total. The van der Waals surface area contributed by atoms with Gasteiger partial charge in [-0.1, -0.05) is 17.8 Å². The number of thiazole rings is 1. The van der Waals surface area contributed by atoms with Gasteiger partial charge >= 0.3 is 6.36 Å². The molecule has 2 heterocycles. The van der Waals surface area contributed by atoms with Gasteiger partial charge in [-0.15, -0.1) is 13.2 Å². The number of aromatic nitrogens is 1. The van der Waals surface area contributed by atoms with Crippen LogP contribution in [0.15, 0.2) is 18.2 Å². The molecule has 0 aliphatic carbocycles. The number of nitrogens with one attached hydrogen (secondary N) is 2. The molecule has 1 saturated heterocycles. The Hall–Kier alpha value is -1.87. The fourth-order valence-electron chi connectivity index (χ4n) is 2.42. The zero-order chi connectivity index (χ0) is 16.4. The normalized spacial score (nSPS) is 18.8. The zero-order valence-corrected chi connectivity index (χ0v) is 12.8. The standard InChI is InChI=1S/C14H14F3N3O2S/c15-14(16,17)22-8-4-5-9-11(7-8)23-13(19-9)20-12(21)10-3-1-2-6-18-10/h4-5,7,10,18H,1-3,6H2,(H,19,20,21)/t10-/m0/s1. The molecular weight excluding hydrogens is 331 g/mol. The van der Waals surface area contributed by atoms with E-state index < -0.39 is 6.36 Å². The number of halogens is 3. The van der Waals surface area contributed by atoms with Crippen LogP contribution in [0.25, 0.3) is 10.2 Å². The number of hydrogen-bond acceptors (Lipinski definition) is 5. The van der Waals surface area contributed by atoms with Crippen LogP contribution in [0, 0.1) is 0 Å². The second-order valence-electron chi connectivity index (χ2n) is 5.19. The summed E-state index contributed by atoms with van der Waals surface area (Å²) in [6.45, 7) is 0.802. The van der Waals surface area contributed by atoms with Crippen LogP contribution in [-0.4, -0.2) is 29.8 Å². The molecule has 1 amide bonds. The SMILES string of the molecule is O=C(Nc1nc2ccc(OC(F)(F)F)cc2s1)[C@@H]1CCCCN1. The fourth-order valence-corrected chi connectivity index (χ4v) is 3.32. The highest BCUT2D eigenvalue weighted by atomic mass is 32.1. The number of amides is 1. The maximum atomic E-state index is 12.2. The molecular formula is C14H14F3N3O2S. The molecule has 1 aromatic heterocycles. The average molecular weight is 345 g/mol. The summed E-state index contributed by atoms with van der Waals surface area (Å²) in [5.41, 5.74) is 0.511. The number of rotatable bonds is 3. The van der Waals surface area contributed by atoms with Crippen LogP contribution in [-0.2, 0) is 4.79 Å². The highest BCUT2D eigenvalue weighted by Gasteiger charge is 2.31. The van der Waals surface area contributed by atoms with E-state index in [4.69, 9.17) is 0 Å². The fraction of sp³-hybridized carbons (Fsp3) is 0.429. The minimum Gasteiger partial charge on any atom is -0.406 e. The van der Waals surface area contributed by atoms with Crippen LogP contribution in [0.3, 0.4) is 0 Å². The van der Waals surface area contributed by atoms with E-state index in [2.05, 4.69) is 20.4 Å². The van der Waals surface area contributed by atoms with Crippen molar-refractivity contribution >= 4 is 32.6 Å². The molecule has 1 aromatic carbocycles. The van der Waals surface area contributed by atoms with Gasteiger partial charge in [0.15, 0.2) is 5.13 Å². The van der Waals surface area contributed by atoms with E-state index in [0.717, 1.165) is 37.1 Å². The molecule has 0 unspecified atom stereocenters. The van der Waals surface area contributed by atoms with Crippen LogP contribution >= 0.6 is 11.3 Å². The Balaban J connectivity index is 1.73. The Morgan fingerprint density at radius 2 is 2.22 bits per heavy atom. The van der Waals surface area contributed by atoms with Gasteiger partial charge in [-0.2, -0.15) is 0 Å². The molecule has 23 heavy (non-hydrogen) atoms. The molecule has 9 heteroatoms. The molecule has 0 radical (unpaired) electrons. The first-order valence-electron chi connectivity index (χ1n) is 7.11. The van der Waals surface area contributed by atoms with Crippen molar-refractivity contribution < 1.29 is 22.7 Å². The molecule has 124 valence electrons. The second kappa shape index (κ2) is 6.32. The van der Waals surface area contributed by atoms with E-state index in [0.29, 0.717) is 15.3 Å². The van der Waals surface area contributed by atoms with Crippen molar-refractivity contribution in [2.24, 2.45) is 0 Å². The smallest absolute Gasteiger partial charge is 0.406 e. The molecule has 1 aliphatic rings. The lowest BCUT2D eigenvalue weighted by Gasteiger charge is -2.21. The van der Waals surface area contributed by atoms with Crippen molar-refractivity contribution in [3.8, 4) is 5.75 Å². The minimum atomic E-state index is -4.73. The third kappa shape index (κ3) is 4.11. The first-order valence-corrected chi connectivity index (χ1v) is 7.93. The Labute approximate surface area is 133 Å². The van der Waals surface area contributed by atoms with Crippen molar-refractivity contribution in [1.29, 1.82) is 0 Å². The van der Waals surface area contributed by atoms with E-state index in [9.17, 15) is 18.0 Å². The van der Waals surface area contributed by atoms with Gasteiger partial charge in [-0.25, -0.2) is 4.98 Å². The summed E-state index contributed by atoms with van der Waals surface area (Å²) in [5, 5.41) is 6.20. The van der Waals surface area contributed by atoms with Gasteiger partial charge in [0.25, 0.3) is 0 Å². The summed E-state index contributed by atoms with van der Waals surface area (Å²) in [6, 6.07) is 3.64. The molecule has 0 bridgehead atoms. The van der Waals surface area contributed by atoms with E-state index in [1.807, 2.05) is 0 Å². The van der Waals surface area contributed by atoms with Gasteiger partial charge in [0, 0.05) is 6.07 Å². The van der Waals surface area contributed by atoms with Crippen molar-refractivity contribution in [2.75, 3.05) is 11.9 Å². The van der Waals surface area contributed by atoms with E-state index >= 15 is 0 Å². The maximum absolute atomic E-state index is 12.2. The number of anilines is 1. The lowest BCUT2D eigenvalue weighted by atomic mass is 10.0. The third-order valence-electron chi connectivity index (χ3n) is 3.45. The predicted octanol–water partition coefficient (Wildman–Crippen LogP) is 3.28. The average Bonchev–Trinajstić information content (AvgIpc) is 2.88. The molecule has 1 fully saturated rings. The van der Waals surface area contributed by atoms with Crippen LogP contribution in [0.4, 0.5) is 18.3 Å². The van der Waals surface area contributed by atoms with Crippen molar-refractivity contribution in [2.45, 2.75) is 31.7 Å². The molecule has 2 aromatic rings. The molecule has 0 spiro atoms. The van der Waals surface area contributed by atoms with Crippen molar-refractivity contribution in [1.82, 2.24) is 10.3 Å². The molecule has 3 rings (SSSR count). The Bertz CT molecular complexity index is 711. The number of carbonyl (C=O) groups is 1. The number of alkyl halides is 3. The summed E-state index contributed by atoms with van der Waals surface area (Å²) >= 11 is 1.11. The highest BCUT2D eigenvalue weighted by Crippen LogP contribution is 2.31. The van der Waals surface area contributed by atoms with Crippen LogP contribution in [0.5, 0.6) is 5.75 Å². The number of piperidine rings is 1. The monoisotopic (exact) mass is 345 g/mol. The number of carbonyl (C=O) groups excluding carboxylic acids is 1. The quantitative estimate of drug-likeness (QED) is 0.896. The third-order valence-corrected chi connectivity index (χ3v) is 4.38. The lowest BCUT2D eigenvalue weighted by molar-refractivity contribution is -0.274. The number of ether oxygens (including phenoxy) is 1.